The van der Waals surface area contributed by atoms with Gasteiger partial charge in [0.15, 0.2) is 0 Å². The zero-order chi connectivity index (χ0) is 9.35. The molecule has 0 aromatic carbocycles. The minimum absolute atomic E-state index is 0.271. The summed E-state index contributed by atoms with van der Waals surface area (Å²) in [5, 5.41) is -0.271. The van der Waals surface area contributed by atoms with E-state index in [9.17, 15) is 8.42 Å². The molecule has 0 aliphatic carbocycles. The lowest BCUT2D eigenvalue weighted by Crippen LogP contribution is -2.52. The molecule has 0 aromatic heterocycles. The van der Waals surface area contributed by atoms with Crippen LogP contribution in [-0.4, -0.2) is 35.5 Å². The molecule has 1 heterocycles. The lowest BCUT2D eigenvalue weighted by molar-refractivity contribution is 0.223. The first kappa shape index (κ1) is 10.7. The number of sulfonamides is 1. The molecular weight excluding hydrogens is 289 g/mol. The molecule has 1 aliphatic rings. The van der Waals surface area contributed by atoms with Gasteiger partial charge in [0.25, 0.3) is 0 Å². The molecular formula is C7H14INO2S. The maximum Gasteiger partial charge on any atom is 0.216 e. The number of halogens is 1. The summed E-state index contributed by atoms with van der Waals surface area (Å²) in [7, 11) is -2.95. The van der Waals surface area contributed by atoms with E-state index in [4.69, 9.17) is 0 Å². The number of alkyl halides is 1. The van der Waals surface area contributed by atoms with Gasteiger partial charge in [0, 0.05) is 17.5 Å². The predicted octanol–water partition coefficient (Wildman–Crippen LogP) is 1.09. The molecule has 72 valence electrons. The number of hydrogen-bond donors (Lipinski definition) is 0. The molecule has 1 fully saturated rings. The summed E-state index contributed by atoms with van der Waals surface area (Å²) in [4.78, 5) is 0. The fraction of sp³-hybridized carbons (Fsp3) is 1.00. The Morgan fingerprint density at radius 1 is 1.50 bits per heavy atom. The van der Waals surface area contributed by atoms with Crippen LogP contribution >= 0.6 is 22.6 Å². The van der Waals surface area contributed by atoms with Crippen molar-refractivity contribution in [2.75, 3.05) is 17.5 Å². The molecule has 1 saturated heterocycles. The molecule has 5 heteroatoms. The second-order valence-corrected chi connectivity index (χ2v) is 6.80. The van der Waals surface area contributed by atoms with Crippen LogP contribution in [0.5, 0.6) is 0 Å². The van der Waals surface area contributed by atoms with E-state index in [1.807, 2.05) is 0 Å². The summed E-state index contributed by atoms with van der Waals surface area (Å²) in [6, 6.07) is 0. The fourth-order valence-electron chi connectivity index (χ4n) is 1.13. The van der Waals surface area contributed by atoms with Gasteiger partial charge in [-0.2, -0.15) is 0 Å². The highest BCUT2D eigenvalue weighted by Crippen LogP contribution is 2.23. The molecule has 0 radical (unpaired) electrons. The van der Waals surface area contributed by atoms with Gasteiger partial charge in [-0.1, -0.05) is 22.6 Å². The van der Waals surface area contributed by atoms with E-state index in [1.165, 1.54) is 0 Å². The highest BCUT2D eigenvalue weighted by molar-refractivity contribution is 14.1. The molecule has 1 aliphatic heterocycles. The Morgan fingerprint density at radius 3 is 2.33 bits per heavy atom. The van der Waals surface area contributed by atoms with E-state index >= 15 is 0 Å². The third-order valence-corrected chi connectivity index (χ3v) is 5.55. The van der Waals surface area contributed by atoms with Crippen LogP contribution in [0, 0.1) is 5.92 Å². The molecule has 0 spiro atoms. The summed E-state index contributed by atoms with van der Waals surface area (Å²) < 4.78 is 25.6. The molecule has 12 heavy (non-hydrogen) atoms. The minimum atomic E-state index is -2.95. The highest BCUT2D eigenvalue weighted by Gasteiger charge is 2.36. The minimum Gasteiger partial charge on any atom is -0.212 e. The van der Waals surface area contributed by atoms with Crippen LogP contribution in [-0.2, 0) is 10.0 Å². The van der Waals surface area contributed by atoms with E-state index < -0.39 is 10.0 Å². The number of nitrogens with zero attached hydrogens (tertiary/aromatic N) is 1. The molecule has 0 N–H and O–H groups in total. The van der Waals surface area contributed by atoms with Gasteiger partial charge in [-0.3, -0.25) is 0 Å². The Morgan fingerprint density at radius 2 is 2.00 bits per heavy atom. The number of hydrogen-bond acceptors (Lipinski definition) is 2. The van der Waals surface area contributed by atoms with E-state index in [-0.39, 0.29) is 5.25 Å². The first-order valence-corrected chi connectivity index (χ1v) is 7.06. The summed E-state index contributed by atoms with van der Waals surface area (Å²) in [6.07, 6.45) is 0. The smallest absolute Gasteiger partial charge is 0.212 e. The topological polar surface area (TPSA) is 37.4 Å². The van der Waals surface area contributed by atoms with Crippen molar-refractivity contribution < 1.29 is 8.42 Å². The van der Waals surface area contributed by atoms with Crippen molar-refractivity contribution in [2.24, 2.45) is 5.92 Å². The standard InChI is InChI=1S/C7H14INO2S/c1-6(2)12(10,11)9-4-7(3-8)5-9/h6-7H,3-5H2,1-2H3. The Labute approximate surface area is 87.7 Å². The Hall–Kier alpha value is 0.640. The first-order valence-electron chi connectivity index (χ1n) is 4.03. The maximum atomic E-state index is 11.5. The van der Waals surface area contributed by atoms with Crippen LogP contribution in [0.3, 0.4) is 0 Å². The van der Waals surface area contributed by atoms with Crippen molar-refractivity contribution >= 4 is 32.6 Å². The van der Waals surface area contributed by atoms with Gasteiger partial charge in [0.05, 0.1) is 5.25 Å². The third kappa shape index (κ3) is 1.93. The van der Waals surface area contributed by atoms with Crippen LogP contribution in [0.2, 0.25) is 0 Å². The Bertz CT molecular complexity index is 244. The SMILES string of the molecule is CC(C)S(=O)(=O)N1CC(CI)C1. The Kier molecular flexibility index (Phi) is 3.39. The average Bonchev–Trinajstić information content (AvgIpc) is 1.84. The van der Waals surface area contributed by atoms with Gasteiger partial charge in [-0.25, -0.2) is 12.7 Å². The monoisotopic (exact) mass is 303 g/mol. The average molecular weight is 303 g/mol. The van der Waals surface area contributed by atoms with Crippen LogP contribution in [0.15, 0.2) is 0 Å². The van der Waals surface area contributed by atoms with E-state index in [1.54, 1.807) is 18.2 Å². The molecule has 0 unspecified atom stereocenters. The molecule has 0 atom stereocenters. The molecule has 3 nitrogen and oxygen atoms in total. The Balaban J connectivity index is 2.53. The summed E-state index contributed by atoms with van der Waals surface area (Å²) in [6.45, 7) is 4.91. The van der Waals surface area contributed by atoms with Crippen molar-refractivity contribution in [3.8, 4) is 0 Å². The van der Waals surface area contributed by atoms with E-state index in [2.05, 4.69) is 22.6 Å². The summed E-state index contributed by atoms with van der Waals surface area (Å²) >= 11 is 2.30. The summed E-state index contributed by atoms with van der Waals surface area (Å²) in [5.74, 6) is 0.583. The van der Waals surface area contributed by atoms with E-state index in [0.717, 1.165) is 17.5 Å². The quantitative estimate of drug-likeness (QED) is 0.578. The van der Waals surface area contributed by atoms with Crippen LogP contribution in [0.25, 0.3) is 0 Å². The second-order valence-electron chi connectivity index (χ2n) is 3.43. The maximum absolute atomic E-state index is 11.5. The molecule has 0 bridgehead atoms. The van der Waals surface area contributed by atoms with Crippen molar-refractivity contribution in [2.45, 2.75) is 19.1 Å². The largest absolute Gasteiger partial charge is 0.216 e. The van der Waals surface area contributed by atoms with Crippen molar-refractivity contribution in [3.05, 3.63) is 0 Å². The predicted molar refractivity (Wildman–Crippen MR) is 58.0 cm³/mol. The van der Waals surface area contributed by atoms with Gasteiger partial charge in [0.2, 0.25) is 10.0 Å². The number of rotatable bonds is 3. The lowest BCUT2D eigenvalue weighted by atomic mass is 10.1. The van der Waals surface area contributed by atoms with Gasteiger partial charge in [0.1, 0.15) is 0 Å². The van der Waals surface area contributed by atoms with Crippen molar-refractivity contribution in [3.63, 3.8) is 0 Å². The first-order chi connectivity index (χ1) is 5.48. The molecule has 0 amide bonds. The molecule has 0 aromatic rings. The lowest BCUT2D eigenvalue weighted by Gasteiger charge is -2.38. The van der Waals surface area contributed by atoms with Gasteiger partial charge in [-0.05, 0) is 19.8 Å². The van der Waals surface area contributed by atoms with Crippen LogP contribution in [0.4, 0.5) is 0 Å². The normalized spacial score (nSPS) is 21.3. The van der Waals surface area contributed by atoms with Crippen LogP contribution in [0.1, 0.15) is 13.8 Å². The van der Waals surface area contributed by atoms with Gasteiger partial charge < -0.3 is 0 Å². The highest BCUT2D eigenvalue weighted by atomic mass is 127. The van der Waals surface area contributed by atoms with Gasteiger partial charge in [-0.15, -0.1) is 0 Å². The zero-order valence-corrected chi connectivity index (χ0v) is 10.3. The second kappa shape index (κ2) is 3.79. The third-order valence-electron chi connectivity index (χ3n) is 2.10. The molecule has 1 rings (SSSR count). The van der Waals surface area contributed by atoms with Gasteiger partial charge >= 0.3 is 0 Å². The van der Waals surface area contributed by atoms with Crippen LogP contribution < -0.4 is 0 Å². The molecule has 0 saturated carbocycles. The van der Waals surface area contributed by atoms with Crippen molar-refractivity contribution in [1.29, 1.82) is 0 Å². The van der Waals surface area contributed by atoms with E-state index in [0.29, 0.717) is 5.92 Å². The summed E-state index contributed by atoms with van der Waals surface area (Å²) in [5.41, 5.74) is 0. The van der Waals surface area contributed by atoms with Crippen molar-refractivity contribution in [1.82, 2.24) is 4.31 Å². The zero-order valence-electron chi connectivity index (χ0n) is 7.33. The fourth-order valence-corrected chi connectivity index (χ4v) is 3.12.